The Kier molecular flexibility index (Phi) is 3.55. The number of hydrogen-bond acceptors (Lipinski definition) is 2. The minimum absolute atomic E-state index is 0.0923. The number of rotatable bonds is 1. The number of aryl methyl sites for hydroxylation is 1. The van der Waals surface area contributed by atoms with Crippen LogP contribution in [-0.4, -0.2) is 5.91 Å². The molecule has 0 spiro atoms. The van der Waals surface area contributed by atoms with Gasteiger partial charge in [-0.05, 0) is 36.8 Å². The van der Waals surface area contributed by atoms with Gasteiger partial charge in [0.15, 0.2) is 0 Å². The van der Waals surface area contributed by atoms with E-state index in [0.29, 0.717) is 9.93 Å². The van der Waals surface area contributed by atoms with Gasteiger partial charge in [0.1, 0.15) is 0 Å². The maximum Gasteiger partial charge on any atom is 0.262 e. The van der Waals surface area contributed by atoms with Gasteiger partial charge in [-0.25, -0.2) is 0 Å². The molecule has 0 atom stereocenters. The molecule has 0 saturated heterocycles. The Hall–Kier alpha value is -1.71. The third-order valence-electron chi connectivity index (χ3n) is 3.01. The topological polar surface area (TPSA) is 29.1 Å². The Labute approximate surface area is 126 Å². The highest BCUT2D eigenvalue weighted by Gasteiger charge is 2.20. The van der Waals surface area contributed by atoms with Crippen LogP contribution in [0.1, 0.15) is 11.1 Å². The summed E-state index contributed by atoms with van der Waals surface area (Å²) >= 11 is 7.39. The Morgan fingerprint density at radius 3 is 2.65 bits per heavy atom. The highest BCUT2D eigenvalue weighted by Crippen LogP contribution is 2.39. The number of hydrogen-bond donors (Lipinski definition) is 1. The molecular weight excluding hydrogens is 290 g/mol. The second-order valence-electron chi connectivity index (χ2n) is 4.62. The van der Waals surface area contributed by atoms with E-state index in [-0.39, 0.29) is 5.91 Å². The fourth-order valence-corrected chi connectivity index (χ4v) is 3.05. The molecule has 2 aromatic rings. The van der Waals surface area contributed by atoms with Crippen molar-refractivity contribution >= 4 is 41.0 Å². The van der Waals surface area contributed by atoms with Crippen LogP contribution in [0.15, 0.2) is 52.3 Å². The standard InChI is InChI=1S/C16H12ClNOS/c1-10-2-4-11(5-3-10)8-15-16(19)18-13-9-12(17)6-7-14(13)20-15/h2-9H,1H3,(H,18,19)/b15-8-. The summed E-state index contributed by atoms with van der Waals surface area (Å²) < 4.78 is 0. The number of carbonyl (C=O) groups is 1. The zero-order valence-corrected chi connectivity index (χ0v) is 12.4. The molecule has 4 heteroatoms. The van der Waals surface area contributed by atoms with Crippen molar-refractivity contribution in [3.05, 3.63) is 63.5 Å². The van der Waals surface area contributed by atoms with Crippen LogP contribution in [0.4, 0.5) is 5.69 Å². The van der Waals surface area contributed by atoms with Crippen molar-refractivity contribution in [1.29, 1.82) is 0 Å². The number of carbonyl (C=O) groups excluding carboxylic acids is 1. The van der Waals surface area contributed by atoms with Gasteiger partial charge < -0.3 is 5.32 Å². The van der Waals surface area contributed by atoms with Gasteiger partial charge >= 0.3 is 0 Å². The average Bonchev–Trinajstić information content (AvgIpc) is 2.42. The minimum Gasteiger partial charge on any atom is -0.320 e. The minimum atomic E-state index is -0.0923. The van der Waals surface area contributed by atoms with Crippen LogP contribution in [0, 0.1) is 6.92 Å². The summed E-state index contributed by atoms with van der Waals surface area (Å²) in [5.74, 6) is -0.0923. The van der Waals surface area contributed by atoms with E-state index >= 15 is 0 Å². The Balaban J connectivity index is 1.94. The maximum atomic E-state index is 12.1. The normalized spacial score (nSPS) is 15.9. The van der Waals surface area contributed by atoms with Crippen molar-refractivity contribution in [3.8, 4) is 0 Å². The first kappa shape index (κ1) is 13.3. The van der Waals surface area contributed by atoms with Gasteiger partial charge in [0.05, 0.1) is 10.6 Å². The molecule has 0 aromatic heterocycles. The number of nitrogens with one attached hydrogen (secondary N) is 1. The van der Waals surface area contributed by atoms with Crippen molar-refractivity contribution in [3.63, 3.8) is 0 Å². The summed E-state index contributed by atoms with van der Waals surface area (Å²) in [6.07, 6.45) is 1.90. The van der Waals surface area contributed by atoms with Crippen molar-refractivity contribution in [2.45, 2.75) is 11.8 Å². The Bertz CT molecular complexity index is 707. The lowest BCUT2D eigenvalue weighted by atomic mass is 10.1. The predicted octanol–water partition coefficient (Wildman–Crippen LogP) is 4.73. The molecule has 20 heavy (non-hydrogen) atoms. The third kappa shape index (κ3) is 2.74. The maximum absolute atomic E-state index is 12.1. The number of amides is 1. The summed E-state index contributed by atoms with van der Waals surface area (Å²) in [6.45, 7) is 2.04. The molecule has 2 aromatic carbocycles. The molecule has 0 unspecified atom stereocenters. The first-order valence-corrected chi connectivity index (χ1v) is 7.38. The van der Waals surface area contributed by atoms with E-state index in [1.807, 2.05) is 49.4 Å². The van der Waals surface area contributed by atoms with Crippen molar-refractivity contribution in [2.75, 3.05) is 5.32 Å². The number of anilines is 1. The van der Waals surface area contributed by atoms with E-state index in [0.717, 1.165) is 16.1 Å². The summed E-state index contributed by atoms with van der Waals surface area (Å²) in [7, 11) is 0. The number of thioether (sulfide) groups is 1. The van der Waals surface area contributed by atoms with Crippen molar-refractivity contribution < 1.29 is 4.79 Å². The number of fused-ring (bicyclic) bond motifs is 1. The van der Waals surface area contributed by atoms with Gasteiger partial charge in [-0.2, -0.15) is 0 Å². The van der Waals surface area contributed by atoms with Crippen LogP contribution in [0.2, 0.25) is 5.02 Å². The molecule has 0 fully saturated rings. The van der Waals surface area contributed by atoms with Crippen molar-refractivity contribution in [1.82, 2.24) is 0 Å². The quantitative estimate of drug-likeness (QED) is 0.771. The monoisotopic (exact) mass is 301 g/mol. The Morgan fingerprint density at radius 1 is 1.15 bits per heavy atom. The van der Waals surface area contributed by atoms with E-state index in [1.165, 1.54) is 17.3 Å². The molecular formula is C16H12ClNOS. The van der Waals surface area contributed by atoms with Crippen LogP contribution >= 0.6 is 23.4 Å². The van der Waals surface area contributed by atoms with E-state index in [4.69, 9.17) is 11.6 Å². The lowest BCUT2D eigenvalue weighted by molar-refractivity contribution is -0.112. The molecule has 0 radical (unpaired) electrons. The summed E-state index contributed by atoms with van der Waals surface area (Å²) in [4.78, 5) is 13.8. The fourth-order valence-electron chi connectivity index (χ4n) is 1.95. The average molecular weight is 302 g/mol. The molecule has 0 aliphatic carbocycles. The van der Waals surface area contributed by atoms with Gasteiger partial charge in [-0.1, -0.05) is 53.2 Å². The fraction of sp³-hybridized carbons (Fsp3) is 0.0625. The van der Waals surface area contributed by atoms with Gasteiger partial charge in [-0.15, -0.1) is 0 Å². The summed E-state index contributed by atoms with van der Waals surface area (Å²) in [5, 5.41) is 3.49. The highest BCUT2D eigenvalue weighted by atomic mass is 35.5. The second kappa shape index (κ2) is 5.35. The van der Waals surface area contributed by atoms with Crippen LogP contribution in [-0.2, 0) is 4.79 Å². The molecule has 3 rings (SSSR count). The second-order valence-corrected chi connectivity index (χ2v) is 6.14. The molecule has 1 N–H and O–H groups in total. The van der Waals surface area contributed by atoms with Gasteiger partial charge in [0.2, 0.25) is 0 Å². The molecule has 2 nitrogen and oxygen atoms in total. The van der Waals surface area contributed by atoms with Crippen LogP contribution in [0.5, 0.6) is 0 Å². The Morgan fingerprint density at radius 2 is 1.90 bits per heavy atom. The number of benzene rings is 2. The van der Waals surface area contributed by atoms with E-state index < -0.39 is 0 Å². The molecule has 0 saturated carbocycles. The van der Waals surface area contributed by atoms with Gasteiger partial charge in [-0.3, -0.25) is 4.79 Å². The first-order valence-electron chi connectivity index (χ1n) is 6.19. The van der Waals surface area contributed by atoms with E-state index in [1.54, 1.807) is 6.07 Å². The van der Waals surface area contributed by atoms with E-state index in [2.05, 4.69) is 5.32 Å². The predicted molar refractivity (Wildman–Crippen MR) is 85.1 cm³/mol. The SMILES string of the molecule is Cc1ccc(/C=C2\Sc3ccc(Cl)cc3NC2=O)cc1. The lowest BCUT2D eigenvalue weighted by Crippen LogP contribution is -2.17. The zero-order chi connectivity index (χ0) is 14.1. The zero-order valence-electron chi connectivity index (χ0n) is 10.8. The van der Waals surface area contributed by atoms with E-state index in [9.17, 15) is 4.79 Å². The number of halogens is 1. The third-order valence-corrected chi connectivity index (χ3v) is 4.34. The largest absolute Gasteiger partial charge is 0.320 e. The molecule has 0 bridgehead atoms. The summed E-state index contributed by atoms with van der Waals surface area (Å²) in [6, 6.07) is 13.6. The van der Waals surface area contributed by atoms with Gasteiger partial charge in [0.25, 0.3) is 5.91 Å². The lowest BCUT2D eigenvalue weighted by Gasteiger charge is -2.18. The molecule has 1 aliphatic rings. The molecule has 100 valence electrons. The van der Waals surface area contributed by atoms with Crippen molar-refractivity contribution in [2.24, 2.45) is 0 Å². The van der Waals surface area contributed by atoms with Gasteiger partial charge in [0, 0.05) is 9.92 Å². The van der Waals surface area contributed by atoms with Crippen LogP contribution < -0.4 is 5.32 Å². The van der Waals surface area contributed by atoms with Crippen LogP contribution in [0.3, 0.4) is 0 Å². The highest BCUT2D eigenvalue weighted by molar-refractivity contribution is 8.04. The molecule has 1 amide bonds. The smallest absolute Gasteiger partial charge is 0.262 e. The first-order chi connectivity index (χ1) is 9.61. The summed E-state index contributed by atoms with van der Waals surface area (Å²) in [5.41, 5.74) is 2.99. The molecule has 1 heterocycles. The van der Waals surface area contributed by atoms with Crippen LogP contribution in [0.25, 0.3) is 6.08 Å². The molecule has 1 aliphatic heterocycles.